The third-order valence-corrected chi connectivity index (χ3v) is 6.21. The number of halogens is 2. The first-order valence-electron chi connectivity index (χ1n) is 11.0. The highest BCUT2D eigenvalue weighted by atomic mass is 19.1. The van der Waals surface area contributed by atoms with Crippen molar-refractivity contribution in [2.24, 2.45) is 0 Å². The highest BCUT2D eigenvalue weighted by Gasteiger charge is 2.32. The summed E-state index contributed by atoms with van der Waals surface area (Å²) < 4.78 is 34.0. The minimum atomic E-state index is -0.591. The van der Waals surface area contributed by atoms with E-state index in [9.17, 15) is 8.78 Å². The molecule has 1 unspecified atom stereocenters. The number of anilines is 3. The van der Waals surface area contributed by atoms with E-state index in [0.717, 1.165) is 48.9 Å². The monoisotopic (exact) mass is 447 g/mol. The maximum Gasteiger partial charge on any atom is 0.229 e. The summed E-state index contributed by atoms with van der Waals surface area (Å²) in [5, 5.41) is 3.23. The predicted molar refractivity (Wildman–Crippen MR) is 123 cm³/mol. The molecule has 0 fully saturated rings. The van der Waals surface area contributed by atoms with Gasteiger partial charge in [0.25, 0.3) is 0 Å². The van der Waals surface area contributed by atoms with E-state index in [0.29, 0.717) is 41.7 Å². The predicted octanol–water partition coefficient (Wildman–Crippen LogP) is 5.74. The molecule has 0 amide bonds. The largest absolute Gasteiger partial charge is 0.505 e. The summed E-state index contributed by atoms with van der Waals surface area (Å²) in [6.45, 7) is 8.68. The first-order chi connectivity index (χ1) is 16.0. The fourth-order valence-electron chi connectivity index (χ4n) is 4.57. The molecule has 8 heteroatoms. The van der Waals surface area contributed by atoms with Gasteiger partial charge < -0.3 is 15.0 Å². The van der Waals surface area contributed by atoms with Gasteiger partial charge in [0.2, 0.25) is 11.6 Å². The topological polar surface area (TPSA) is 54.6 Å². The zero-order valence-electron chi connectivity index (χ0n) is 18.2. The molecule has 1 atom stereocenters. The first kappa shape index (κ1) is 21.1. The summed E-state index contributed by atoms with van der Waals surface area (Å²) in [4.78, 5) is 15.2. The second-order valence-electron chi connectivity index (χ2n) is 8.39. The number of nitrogens with one attached hydrogen (secondary N) is 1. The molecule has 0 saturated carbocycles. The van der Waals surface area contributed by atoms with Crippen LogP contribution >= 0.6 is 0 Å². The van der Waals surface area contributed by atoms with Gasteiger partial charge in [-0.05, 0) is 49.4 Å². The summed E-state index contributed by atoms with van der Waals surface area (Å²) in [6, 6.07) is 9.01. The minimum absolute atomic E-state index is 0.268. The van der Waals surface area contributed by atoms with Crippen molar-refractivity contribution in [3.63, 3.8) is 0 Å². The van der Waals surface area contributed by atoms with Gasteiger partial charge in [-0.15, -0.1) is 0 Å². The Morgan fingerprint density at radius 3 is 2.85 bits per heavy atom. The summed E-state index contributed by atoms with van der Waals surface area (Å²) in [5.74, 6) is 0.326. The average Bonchev–Trinajstić information content (AvgIpc) is 3.21. The second-order valence-corrected chi connectivity index (χ2v) is 8.39. The molecular formula is C25H23F2N5O. The molecule has 6 nitrogen and oxygen atoms in total. The van der Waals surface area contributed by atoms with Crippen LogP contribution in [-0.4, -0.2) is 30.2 Å². The lowest BCUT2D eigenvalue weighted by Gasteiger charge is -2.22. The summed E-state index contributed by atoms with van der Waals surface area (Å²) >= 11 is 0. The summed E-state index contributed by atoms with van der Waals surface area (Å²) in [7, 11) is 2.00. The fourth-order valence-corrected chi connectivity index (χ4v) is 4.57. The highest BCUT2D eigenvalue weighted by molar-refractivity contribution is 5.68. The fraction of sp³-hybridized carbons (Fsp3) is 0.320. The molecule has 0 radical (unpaired) electrons. The van der Waals surface area contributed by atoms with Gasteiger partial charge in [0.15, 0.2) is 0 Å². The van der Waals surface area contributed by atoms with E-state index in [1.54, 1.807) is 18.2 Å². The van der Waals surface area contributed by atoms with E-state index in [-0.39, 0.29) is 5.92 Å². The zero-order chi connectivity index (χ0) is 22.9. The Balaban J connectivity index is 1.61. The van der Waals surface area contributed by atoms with Crippen LogP contribution in [0.3, 0.4) is 0 Å². The molecule has 1 aromatic heterocycles. The molecule has 0 saturated heterocycles. The van der Waals surface area contributed by atoms with Crippen LogP contribution in [0.1, 0.15) is 42.0 Å². The van der Waals surface area contributed by atoms with Gasteiger partial charge in [0.05, 0.1) is 18.9 Å². The van der Waals surface area contributed by atoms with Crippen molar-refractivity contribution >= 4 is 23.1 Å². The van der Waals surface area contributed by atoms with E-state index >= 15 is 0 Å². The molecule has 3 aromatic rings. The lowest BCUT2D eigenvalue weighted by molar-refractivity contribution is 0.309. The molecule has 168 valence electrons. The average molecular weight is 447 g/mol. The minimum Gasteiger partial charge on any atom is -0.505 e. The Hall–Kier alpha value is -3.73. The van der Waals surface area contributed by atoms with Crippen molar-refractivity contribution in [2.75, 3.05) is 30.4 Å². The van der Waals surface area contributed by atoms with Crippen molar-refractivity contribution in [3.05, 3.63) is 76.3 Å². The maximum atomic E-state index is 14.6. The van der Waals surface area contributed by atoms with Gasteiger partial charge in [-0.3, -0.25) is 0 Å². The van der Waals surface area contributed by atoms with Gasteiger partial charge in [-0.25, -0.2) is 18.6 Å². The van der Waals surface area contributed by atoms with Gasteiger partial charge in [-0.2, -0.15) is 4.98 Å². The Labute approximate surface area is 191 Å². The smallest absolute Gasteiger partial charge is 0.229 e. The molecule has 5 rings (SSSR count). The molecule has 0 spiro atoms. The van der Waals surface area contributed by atoms with Gasteiger partial charge in [0, 0.05) is 36.8 Å². The molecule has 33 heavy (non-hydrogen) atoms. The summed E-state index contributed by atoms with van der Waals surface area (Å²) in [6.07, 6.45) is 3.14. The van der Waals surface area contributed by atoms with E-state index in [4.69, 9.17) is 21.3 Å². The van der Waals surface area contributed by atoms with Crippen molar-refractivity contribution in [3.8, 4) is 5.75 Å². The number of nitrogens with zero attached hydrogens (tertiary/aromatic N) is 4. The molecular weight excluding hydrogens is 424 g/mol. The van der Waals surface area contributed by atoms with Crippen LogP contribution in [0.15, 0.2) is 36.4 Å². The van der Waals surface area contributed by atoms with Crippen molar-refractivity contribution in [1.29, 1.82) is 0 Å². The number of hydrogen-bond acceptors (Lipinski definition) is 5. The normalized spacial score (nSPS) is 17.5. The van der Waals surface area contributed by atoms with Crippen molar-refractivity contribution < 1.29 is 13.5 Å². The van der Waals surface area contributed by atoms with Gasteiger partial charge in [-0.1, -0.05) is 12.1 Å². The van der Waals surface area contributed by atoms with Crippen LogP contribution in [0.25, 0.3) is 4.85 Å². The number of rotatable bonds is 1. The van der Waals surface area contributed by atoms with Crippen LogP contribution in [-0.2, 0) is 6.42 Å². The third kappa shape index (κ3) is 4.07. The summed E-state index contributed by atoms with van der Waals surface area (Å²) in [5.41, 5.74) is 3.38. The standard InChI is InChI=1S/C25H23F2N5O/c1-28-21-10-6-16-14-22(21)33-12-4-3-11-32(2)24-19-9-8-18(23(19)30-25(29-16)31-24)17-7-5-15(26)13-20(17)27/h5-7,10,13-14,18H,3-4,8-9,11-12H2,2H3,(H,29,30,31). The number of aromatic nitrogens is 2. The SMILES string of the molecule is [C-]#[N+]c1ccc2cc1OCCCCN(C)c1nc(nc3c1CCC3c1ccc(F)cc1F)N2. The molecule has 2 aromatic carbocycles. The number of ether oxygens (including phenoxy) is 1. The second kappa shape index (κ2) is 8.66. The van der Waals surface area contributed by atoms with E-state index in [2.05, 4.69) is 15.1 Å². The molecule has 1 aliphatic heterocycles. The quantitative estimate of drug-likeness (QED) is 0.483. The number of hydrogen-bond donors (Lipinski definition) is 1. The van der Waals surface area contributed by atoms with Crippen LogP contribution in [0, 0.1) is 18.2 Å². The lowest BCUT2D eigenvalue weighted by atomic mass is 9.96. The first-order valence-corrected chi connectivity index (χ1v) is 11.0. The Morgan fingerprint density at radius 1 is 1.15 bits per heavy atom. The highest BCUT2D eigenvalue weighted by Crippen LogP contribution is 2.42. The van der Waals surface area contributed by atoms with E-state index < -0.39 is 11.6 Å². The van der Waals surface area contributed by atoms with E-state index in [1.165, 1.54) is 12.1 Å². The van der Waals surface area contributed by atoms with Gasteiger partial charge >= 0.3 is 0 Å². The Kier molecular flexibility index (Phi) is 5.55. The molecule has 2 aliphatic rings. The Morgan fingerprint density at radius 2 is 2.03 bits per heavy atom. The maximum absolute atomic E-state index is 14.6. The molecule has 4 bridgehead atoms. The third-order valence-electron chi connectivity index (χ3n) is 6.21. The van der Waals surface area contributed by atoms with E-state index in [1.807, 2.05) is 7.05 Å². The van der Waals surface area contributed by atoms with Crippen LogP contribution < -0.4 is 15.0 Å². The van der Waals surface area contributed by atoms with Crippen LogP contribution in [0.4, 0.5) is 31.9 Å². The molecule has 2 heterocycles. The van der Waals surface area contributed by atoms with Crippen molar-refractivity contribution in [2.45, 2.75) is 31.6 Å². The van der Waals surface area contributed by atoms with Crippen LogP contribution in [0.5, 0.6) is 5.75 Å². The molecule has 1 N–H and O–H groups in total. The van der Waals surface area contributed by atoms with Gasteiger partial charge in [0.1, 0.15) is 23.2 Å². The lowest BCUT2D eigenvalue weighted by Crippen LogP contribution is -2.23. The number of benzene rings is 2. The van der Waals surface area contributed by atoms with Crippen LogP contribution in [0.2, 0.25) is 0 Å². The van der Waals surface area contributed by atoms with Crippen molar-refractivity contribution in [1.82, 2.24) is 9.97 Å². The molecule has 1 aliphatic carbocycles. The number of fused-ring (bicyclic) bond motifs is 6. The Bertz CT molecular complexity index is 1260. The zero-order valence-corrected chi connectivity index (χ0v) is 18.2.